The second-order valence-corrected chi connectivity index (χ2v) is 6.66. The van der Waals surface area contributed by atoms with E-state index in [0.29, 0.717) is 34.9 Å². The second kappa shape index (κ2) is 5.53. The van der Waals surface area contributed by atoms with Crippen molar-refractivity contribution < 1.29 is 9.59 Å². The van der Waals surface area contributed by atoms with Crippen LogP contribution in [-0.2, 0) is 4.79 Å². The van der Waals surface area contributed by atoms with Gasteiger partial charge in [-0.05, 0) is 37.3 Å². The van der Waals surface area contributed by atoms with Gasteiger partial charge in [-0.3, -0.25) is 9.59 Å². The Hall–Kier alpha value is -2.08. The number of piperidine rings is 1. The van der Waals surface area contributed by atoms with Crippen molar-refractivity contribution in [2.24, 2.45) is 5.92 Å². The second-order valence-electron chi connectivity index (χ2n) is 6.26. The maximum atomic E-state index is 12.7. The molecule has 23 heavy (non-hydrogen) atoms. The van der Waals surface area contributed by atoms with Crippen LogP contribution >= 0.6 is 11.6 Å². The molecule has 1 saturated carbocycles. The Morgan fingerprint density at radius 3 is 3.00 bits per heavy atom. The molecule has 7 heteroatoms. The van der Waals surface area contributed by atoms with Gasteiger partial charge in [0.2, 0.25) is 5.91 Å². The van der Waals surface area contributed by atoms with Gasteiger partial charge in [0, 0.05) is 12.6 Å². The number of rotatable bonds is 3. The molecule has 6 nitrogen and oxygen atoms in total. The minimum absolute atomic E-state index is 0.0369. The number of fused-ring (bicyclic) bond motifs is 1. The van der Waals surface area contributed by atoms with Crippen molar-refractivity contribution in [3.63, 3.8) is 0 Å². The minimum atomic E-state index is -0.195. The van der Waals surface area contributed by atoms with Crippen LogP contribution in [0.15, 0.2) is 24.5 Å². The van der Waals surface area contributed by atoms with E-state index in [9.17, 15) is 9.59 Å². The van der Waals surface area contributed by atoms with Crippen LogP contribution in [0.25, 0.3) is 5.52 Å². The predicted octanol–water partition coefficient (Wildman–Crippen LogP) is 1.77. The fourth-order valence-corrected chi connectivity index (χ4v) is 3.56. The maximum absolute atomic E-state index is 12.7. The Balaban J connectivity index is 1.58. The van der Waals surface area contributed by atoms with Crippen molar-refractivity contribution in [3.8, 4) is 0 Å². The third-order valence-corrected chi connectivity index (χ3v) is 4.93. The maximum Gasteiger partial charge on any atom is 0.255 e. The van der Waals surface area contributed by atoms with Gasteiger partial charge in [-0.2, -0.15) is 5.10 Å². The molecule has 120 valence electrons. The lowest BCUT2D eigenvalue weighted by Crippen LogP contribution is -2.56. The van der Waals surface area contributed by atoms with E-state index < -0.39 is 0 Å². The van der Waals surface area contributed by atoms with Crippen molar-refractivity contribution >= 4 is 28.9 Å². The third-order valence-electron chi connectivity index (χ3n) is 4.63. The Bertz CT molecular complexity index is 783. The predicted molar refractivity (Wildman–Crippen MR) is 85.3 cm³/mol. The van der Waals surface area contributed by atoms with E-state index in [2.05, 4.69) is 15.7 Å². The largest absolute Gasteiger partial charge is 0.351 e. The van der Waals surface area contributed by atoms with E-state index in [1.54, 1.807) is 22.8 Å². The molecule has 1 saturated heterocycles. The smallest absolute Gasteiger partial charge is 0.255 e. The molecule has 1 aliphatic carbocycles. The third kappa shape index (κ3) is 2.67. The summed E-state index contributed by atoms with van der Waals surface area (Å²) in [5.74, 6) is 0.364. The lowest BCUT2D eigenvalue weighted by molar-refractivity contribution is -0.124. The van der Waals surface area contributed by atoms with Crippen molar-refractivity contribution in [1.82, 2.24) is 20.2 Å². The van der Waals surface area contributed by atoms with Crippen molar-refractivity contribution in [2.75, 3.05) is 0 Å². The van der Waals surface area contributed by atoms with Gasteiger partial charge in [-0.1, -0.05) is 11.6 Å². The van der Waals surface area contributed by atoms with Crippen LogP contribution < -0.4 is 10.6 Å². The summed E-state index contributed by atoms with van der Waals surface area (Å²) >= 11 is 6.20. The summed E-state index contributed by atoms with van der Waals surface area (Å²) in [6.07, 6.45) is 6.63. The van der Waals surface area contributed by atoms with Crippen molar-refractivity contribution in [2.45, 2.75) is 37.8 Å². The first-order chi connectivity index (χ1) is 11.1. The number of amides is 2. The number of carbonyl (C=O) groups excluding carboxylic acids is 2. The highest BCUT2D eigenvalue weighted by Gasteiger charge is 2.40. The molecule has 3 heterocycles. The standard InChI is InChI=1S/C16H17ClN4O2/c17-11-2-1-7-21-15(11)10(8-18-21)16(23)19-12-5-6-13(22)20-14(12)9-3-4-9/h1-2,7-9,12,14H,3-6H2,(H,19,23)(H,20,22)/t12-,14+/m1/s1. The van der Waals surface area contributed by atoms with Crippen LogP contribution in [0.1, 0.15) is 36.0 Å². The molecule has 0 spiro atoms. The van der Waals surface area contributed by atoms with Gasteiger partial charge in [0.25, 0.3) is 5.91 Å². The van der Waals surface area contributed by atoms with Gasteiger partial charge in [0.05, 0.1) is 34.4 Å². The molecule has 4 rings (SSSR count). The summed E-state index contributed by atoms with van der Waals surface area (Å²) in [7, 11) is 0. The Morgan fingerprint density at radius 1 is 1.39 bits per heavy atom. The molecule has 0 aromatic carbocycles. The summed E-state index contributed by atoms with van der Waals surface area (Å²) in [4.78, 5) is 24.3. The van der Waals surface area contributed by atoms with Crippen LogP contribution in [0.2, 0.25) is 5.02 Å². The van der Waals surface area contributed by atoms with Crippen molar-refractivity contribution in [1.29, 1.82) is 0 Å². The number of pyridine rings is 1. The summed E-state index contributed by atoms with van der Waals surface area (Å²) in [6, 6.07) is 3.52. The van der Waals surface area contributed by atoms with Crippen LogP contribution in [0.3, 0.4) is 0 Å². The monoisotopic (exact) mass is 332 g/mol. The zero-order valence-corrected chi connectivity index (χ0v) is 13.2. The highest BCUT2D eigenvalue weighted by molar-refractivity contribution is 6.34. The highest BCUT2D eigenvalue weighted by atomic mass is 35.5. The van der Waals surface area contributed by atoms with Crippen LogP contribution in [0, 0.1) is 5.92 Å². The number of hydrogen-bond donors (Lipinski definition) is 2. The van der Waals surface area contributed by atoms with Gasteiger partial charge in [0.15, 0.2) is 0 Å². The normalized spacial score (nSPS) is 24.5. The average molecular weight is 333 g/mol. The molecule has 2 aromatic heterocycles. The highest BCUT2D eigenvalue weighted by Crippen LogP contribution is 2.36. The lowest BCUT2D eigenvalue weighted by atomic mass is 9.94. The molecule has 2 aliphatic rings. The zero-order chi connectivity index (χ0) is 16.0. The van der Waals surface area contributed by atoms with Gasteiger partial charge in [-0.15, -0.1) is 0 Å². The molecular weight excluding hydrogens is 316 g/mol. The Kier molecular flexibility index (Phi) is 3.49. The summed E-state index contributed by atoms with van der Waals surface area (Å²) < 4.78 is 1.60. The molecule has 1 aliphatic heterocycles. The number of hydrogen-bond acceptors (Lipinski definition) is 3. The van der Waals surface area contributed by atoms with Crippen LogP contribution in [0.4, 0.5) is 0 Å². The number of nitrogens with zero attached hydrogens (tertiary/aromatic N) is 2. The molecule has 2 N–H and O–H groups in total. The lowest BCUT2D eigenvalue weighted by Gasteiger charge is -2.33. The molecule has 2 aromatic rings. The Morgan fingerprint density at radius 2 is 2.22 bits per heavy atom. The van der Waals surface area contributed by atoms with Gasteiger partial charge in [-0.25, -0.2) is 4.52 Å². The average Bonchev–Trinajstić information content (AvgIpc) is 3.28. The molecular formula is C16H17ClN4O2. The van der Waals surface area contributed by atoms with E-state index >= 15 is 0 Å². The van der Waals surface area contributed by atoms with Gasteiger partial charge < -0.3 is 10.6 Å². The van der Waals surface area contributed by atoms with E-state index in [0.717, 1.165) is 12.8 Å². The molecule has 2 fully saturated rings. The fraction of sp³-hybridized carbons (Fsp3) is 0.438. The first kappa shape index (κ1) is 14.5. The molecule has 2 amide bonds. The van der Waals surface area contributed by atoms with E-state index in [4.69, 9.17) is 11.6 Å². The first-order valence-electron chi connectivity index (χ1n) is 7.85. The summed E-state index contributed by atoms with van der Waals surface area (Å²) in [6.45, 7) is 0. The topological polar surface area (TPSA) is 75.5 Å². The molecule has 2 atom stereocenters. The number of aromatic nitrogens is 2. The number of nitrogens with one attached hydrogen (secondary N) is 2. The molecule has 0 bridgehead atoms. The first-order valence-corrected chi connectivity index (χ1v) is 8.23. The minimum Gasteiger partial charge on any atom is -0.351 e. The Labute approximate surface area is 138 Å². The van der Waals surface area contributed by atoms with Crippen LogP contribution in [-0.4, -0.2) is 33.5 Å². The van der Waals surface area contributed by atoms with E-state index in [1.807, 2.05) is 0 Å². The molecule has 0 radical (unpaired) electrons. The number of carbonyl (C=O) groups is 2. The van der Waals surface area contributed by atoms with Crippen molar-refractivity contribution in [3.05, 3.63) is 35.1 Å². The molecule has 0 unspecified atom stereocenters. The van der Waals surface area contributed by atoms with Crippen LogP contribution in [0.5, 0.6) is 0 Å². The van der Waals surface area contributed by atoms with Gasteiger partial charge >= 0.3 is 0 Å². The van der Waals surface area contributed by atoms with Gasteiger partial charge in [0.1, 0.15) is 0 Å². The van der Waals surface area contributed by atoms with E-state index in [1.165, 1.54) is 6.20 Å². The van der Waals surface area contributed by atoms with E-state index in [-0.39, 0.29) is 23.9 Å². The number of halogens is 1. The quantitative estimate of drug-likeness (QED) is 0.899. The summed E-state index contributed by atoms with van der Waals surface area (Å²) in [5, 5.41) is 10.8. The SMILES string of the molecule is O=C1CC[C@@H](NC(=O)c2cnn3cccc(Cl)c23)[C@H](C2CC2)N1. The summed E-state index contributed by atoms with van der Waals surface area (Å²) in [5.41, 5.74) is 1.07. The zero-order valence-electron chi connectivity index (χ0n) is 12.5. The fourth-order valence-electron chi connectivity index (χ4n) is 3.30.